The smallest absolute Gasteiger partial charge is 0.435 e. The molecule has 5 N–H and O–H groups in total. The van der Waals surface area contributed by atoms with Crippen LogP contribution in [0.3, 0.4) is 0 Å². The molecule has 3 heterocycles. The van der Waals surface area contributed by atoms with Crippen molar-refractivity contribution in [2.24, 2.45) is 5.73 Å². The number of aryl methyl sites for hydroxylation is 1. The number of carbonyl (C=O) groups is 2. The highest BCUT2D eigenvalue weighted by Gasteiger charge is 2.39. The lowest BCUT2D eigenvalue weighted by Crippen LogP contribution is -2.28. The molecule has 0 saturated heterocycles. The first kappa shape index (κ1) is 34.8. The summed E-state index contributed by atoms with van der Waals surface area (Å²) in [6, 6.07) is 5.03. The van der Waals surface area contributed by atoms with Crippen LogP contribution in [0.15, 0.2) is 43.0 Å². The van der Waals surface area contributed by atoms with E-state index in [-0.39, 0.29) is 29.5 Å². The Hall–Kier alpha value is -4.71. The van der Waals surface area contributed by atoms with E-state index in [2.05, 4.69) is 25.7 Å². The predicted molar refractivity (Wildman–Crippen MR) is 150 cm³/mol. The molecule has 45 heavy (non-hydrogen) atoms. The maximum atomic E-state index is 13.8. The third-order valence-electron chi connectivity index (χ3n) is 6.16. The van der Waals surface area contributed by atoms with Crippen molar-refractivity contribution in [3.63, 3.8) is 0 Å². The number of alkyl halides is 6. The molecule has 1 amide bonds. The third-order valence-corrected chi connectivity index (χ3v) is 6.16. The maximum absolute atomic E-state index is 13.8. The van der Waals surface area contributed by atoms with Crippen LogP contribution in [-0.4, -0.2) is 80.5 Å². The molecule has 1 atom stereocenters. The number of carbonyl (C=O) groups excluding carboxylic acids is 1. The van der Waals surface area contributed by atoms with Gasteiger partial charge in [-0.2, -0.15) is 18.3 Å². The molecule has 0 aliphatic rings. The van der Waals surface area contributed by atoms with Gasteiger partial charge in [0, 0.05) is 42.9 Å². The fourth-order valence-corrected chi connectivity index (χ4v) is 4.22. The van der Waals surface area contributed by atoms with Crippen LogP contribution in [0.1, 0.15) is 28.5 Å². The van der Waals surface area contributed by atoms with Crippen LogP contribution in [-0.2, 0) is 28.7 Å². The van der Waals surface area contributed by atoms with Gasteiger partial charge in [0.1, 0.15) is 0 Å². The summed E-state index contributed by atoms with van der Waals surface area (Å²) in [7, 11) is 0. The van der Waals surface area contributed by atoms with Crippen LogP contribution in [0.25, 0.3) is 16.9 Å². The van der Waals surface area contributed by atoms with Crippen LogP contribution in [0, 0.1) is 0 Å². The number of imidazole rings is 1. The van der Waals surface area contributed by atoms with E-state index in [0.29, 0.717) is 48.7 Å². The number of rotatable bonds is 13. The average molecular weight is 645 g/mol. The number of amides is 1. The monoisotopic (exact) mass is 644 g/mol. The topological polar surface area (TPSA) is 162 Å². The first-order valence-corrected chi connectivity index (χ1v) is 13.4. The highest BCUT2D eigenvalue weighted by atomic mass is 19.4. The van der Waals surface area contributed by atoms with Crippen molar-refractivity contribution in [3.8, 4) is 11.3 Å². The first-order valence-electron chi connectivity index (χ1n) is 13.4. The lowest BCUT2D eigenvalue weighted by Gasteiger charge is -2.13. The first-order chi connectivity index (χ1) is 21.4. The molecule has 4 rings (SSSR count). The fourth-order valence-electron chi connectivity index (χ4n) is 4.22. The summed E-state index contributed by atoms with van der Waals surface area (Å²) in [6.45, 7) is 1.99. The summed E-state index contributed by atoms with van der Waals surface area (Å²) >= 11 is 0. The van der Waals surface area contributed by atoms with E-state index in [4.69, 9.17) is 20.4 Å². The molecule has 0 fully saturated rings. The van der Waals surface area contributed by atoms with Gasteiger partial charge in [-0.1, -0.05) is 6.92 Å². The number of benzene rings is 1. The molecule has 1 aromatic carbocycles. The summed E-state index contributed by atoms with van der Waals surface area (Å²) in [4.78, 5) is 29.5. The molecular weight excluding hydrogens is 614 g/mol. The quantitative estimate of drug-likeness (QED) is 0.0960. The zero-order chi connectivity index (χ0) is 33.1. The zero-order valence-corrected chi connectivity index (χ0v) is 23.8. The number of aromatic nitrogens is 5. The Bertz CT molecular complexity index is 1580. The Morgan fingerprint density at radius 1 is 1.20 bits per heavy atom. The van der Waals surface area contributed by atoms with Crippen LogP contribution in [0.5, 0.6) is 0 Å². The molecule has 0 spiro atoms. The Kier molecular flexibility index (Phi) is 12.2. The normalized spacial score (nSPS) is 12.1. The summed E-state index contributed by atoms with van der Waals surface area (Å²) in [5.74, 6) is -0.0796. The molecule has 0 aliphatic carbocycles. The van der Waals surface area contributed by atoms with E-state index in [1.165, 1.54) is 16.8 Å². The van der Waals surface area contributed by atoms with Gasteiger partial charge in [-0.15, -0.1) is 0 Å². The molecule has 4 aromatic rings. The number of nitrogens with two attached hydrogens (primary N) is 1. The van der Waals surface area contributed by atoms with Crippen LogP contribution < -0.4 is 16.4 Å². The van der Waals surface area contributed by atoms with Crippen molar-refractivity contribution in [2.45, 2.75) is 38.7 Å². The van der Waals surface area contributed by atoms with Crippen molar-refractivity contribution in [1.82, 2.24) is 29.5 Å². The Labute approximate surface area is 252 Å². The molecule has 12 nitrogen and oxygen atoms in total. The maximum Gasteiger partial charge on any atom is 0.435 e. The number of halogens is 6. The van der Waals surface area contributed by atoms with Gasteiger partial charge in [0.15, 0.2) is 23.3 Å². The number of carboxylic acid groups (broad SMARTS) is 1. The average Bonchev–Trinajstić information content (AvgIpc) is 3.62. The van der Waals surface area contributed by atoms with Crippen molar-refractivity contribution < 1.29 is 45.8 Å². The minimum atomic E-state index is -4.95. The van der Waals surface area contributed by atoms with Crippen molar-refractivity contribution in [3.05, 3.63) is 59.8 Å². The van der Waals surface area contributed by atoms with E-state index in [0.717, 1.165) is 18.0 Å². The third kappa shape index (κ3) is 8.91. The summed E-state index contributed by atoms with van der Waals surface area (Å²) in [6.07, 6.45) is -5.76. The zero-order valence-electron chi connectivity index (χ0n) is 23.8. The Balaban J connectivity index is 0.00000177. The highest BCUT2D eigenvalue weighted by Crippen LogP contribution is 2.37. The number of fused-ring (bicyclic) bond motifs is 1. The Morgan fingerprint density at radius 2 is 1.93 bits per heavy atom. The van der Waals surface area contributed by atoms with E-state index in [9.17, 15) is 31.1 Å². The largest absolute Gasteiger partial charge is 0.483 e. The minimum Gasteiger partial charge on any atom is -0.483 e. The van der Waals surface area contributed by atoms with Gasteiger partial charge in [-0.25, -0.2) is 23.1 Å². The minimum absolute atomic E-state index is 0.0572. The van der Waals surface area contributed by atoms with Crippen LogP contribution in [0.2, 0.25) is 0 Å². The lowest BCUT2D eigenvalue weighted by molar-refractivity contribution is -0.141. The van der Waals surface area contributed by atoms with Gasteiger partial charge in [0.25, 0.3) is 18.8 Å². The van der Waals surface area contributed by atoms with E-state index < -0.39 is 36.6 Å². The number of anilines is 2. The molecule has 0 saturated carbocycles. The lowest BCUT2D eigenvalue weighted by atomic mass is 10.0. The van der Waals surface area contributed by atoms with Gasteiger partial charge < -0.3 is 26.2 Å². The number of nitrogens with zero attached hydrogens (tertiary/aromatic N) is 5. The van der Waals surface area contributed by atoms with Crippen molar-refractivity contribution in [2.75, 3.05) is 31.6 Å². The van der Waals surface area contributed by atoms with Crippen LogP contribution >= 0.6 is 0 Å². The van der Waals surface area contributed by atoms with E-state index in [1.807, 2.05) is 6.92 Å². The van der Waals surface area contributed by atoms with Gasteiger partial charge in [-0.3, -0.25) is 18.7 Å². The fraction of sp³-hybridized carbons (Fsp3) is 0.370. The molecular formula is C27H30F6N8O4. The highest BCUT2D eigenvalue weighted by molar-refractivity contribution is 5.96. The molecule has 18 heteroatoms. The predicted octanol–water partition coefficient (Wildman–Crippen LogP) is 3.93. The van der Waals surface area contributed by atoms with Crippen molar-refractivity contribution in [1.29, 1.82) is 0 Å². The van der Waals surface area contributed by atoms with Gasteiger partial charge >= 0.3 is 6.18 Å². The van der Waals surface area contributed by atoms with E-state index in [1.54, 1.807) is 18.2 Å². The second-order valence-corrected chi connectivity index (χ2v) is 9.19. The molecule has 0 radical (unpaired) electrons. The summed E-state index contributed by atoms with van der Waals surface area (Å²) < 4.78 is 87.3. The van der Waals surface area contributed by atoms with Crippen molar-refractivity contribution >= 4 is 29.5 Å². The molecule has 1 unspecified atom stereocenters. The second-order valence-electron chi connectivity index (χ2n) is 9.19. The number of hydrogen-bond donors (Lipinski definition) is 4. The van der Waals surface area contributed by atoms with Crippen LogP contribution in [0.4, 0.5) is 37.8 Å². The molecule has 244 valence electrons. The molecule has 3 aromatic heterocycles. The number of hydrogen-bond acceptors (Lipinski definition) is 8. The Morgan fingerprint density at radius 3 is 2.58 bits per heavy atom. The van der Waals surface area contributed by atoms with Gasteiger partial charge in [0.05, 0.1) is 37.2 Å². The summed E-state index contributed by atoms with van der Waals surface area (Å²) in [5, 5.41) is 16.1. The summed E-state index contributed by atoms with van der Waals surface area (Å²) in [5.41, 5.74) is 5.37. The number of nitrogens with one attached hydrogen (secondary N) is 2. The SMILES string of the molecule is CCc1cc(Nc2nccn3c(-c4cn(CC(F)C(F)F)nc4C(F)(F)F)cnc23)ccc1C(=O)NCCOCCN.O=CO. The second kappa shape index (κ2) is 15.8. The standard InChI is InChI=1S/C26H28F6N8O2.CH2O2/c1-2-15-11-16(3-4-17(15)25(41)35-7-10-42-9-5-33)37-23-24-36-12-20(40(24)8-6-34-23)18-13-39(14-19(27)22(28)29)38-21(18)26(30,31)32;2-1-3/h3-4,6,8,11-13,19,22H,2,5,7,9-10,14,33H2,1H3,(H,34,37)(H,35,41);1H,(H,2,3). The van der Waals surface area contributed by atoms with Gasteiger partial charge in [0.2, 0.25) is 0 Å². The molecule has 0 aliphatic heterocycles. The van der Waals surface area contributed by atoms with Gasteiger partial charge in [-0.05, 0) is 30.2 Å². The number of ether oxygens (including phenoxy) is 1. The van der Waals surface area contributed by atoms with E-state index >= 15 is 0 Å². The molecule has 0 bridgehead atoms.